The quantitative estimate of drug-likeness (QED) is 0.434. The summed E-state index contributed by atoms with van der Waals surface area (Å²) in [7, 11) is -2.54. The summed E-state index contributed by atoms with van der Waals surface area (Å²) in [6.07, 6.45) is -3.40. The maximum Gasteiger partial charge on any atom is 0.416 e. The molecule has 0 N–H and O–H groups in total. The summed E-state index contributed by atoms with van der Waals surface area (Å²) in [6, 6.07) is 8.59. The zero-order valence-electron chi connectivity index (χ0n) is 17.9. The van der Waals surface area contributed by atoms with E-state index in [1.54, 1.807) is 18.2 Å². The number of hydrogen-bond donors (Lipinski definition) is 0. The summed E-state index contributed by atoms with van der Waals surface area (Å²) in [4.78, 5) is 12.3. The third-order valence-corrected chi connectivity index (χ3v) is 9.10. The Balaban J connectivity index is 1.70. The van der Waals surface area contributed by atoms with E-state index < -0.39 is 26.3 Å². The Kier molecular flexibility index (Phi) is 6.69. The summed E-state index contributed by atoms with van der Waals surface area (Å²) >= 11 is 6.02. The van der Waals surface area contributed by atoms with E-state index in [9.17, 15) is 26.4 Å². The Morgan fingerprint density at radius 2 is 1.78 bits per heavy atom. The largest absolute Gasteiger partial charge is 0.497 e. The van der Waals surface area contributed by atoms with E-state index in [1.807, 2.05) is 0 Å². The van der Waals surface area contributed by atoms with Gasteiger partial charge in [0, 0.05) is 17.0 Å². The minimum atomic E-state index is -4.62. The third-order valence-electron chi connectivity index (χ3n) is 6.29. The normalized spacial score (nSPS) is 19.3. The van der Waals surface area contributed by atoms with E-state index in [0.29, 0.717) is 35.2 Å². The molecule has 0 unspecified atom stereocenters. The van der Waals surface area contributed by atoms with Crippen molar-refractivity contribution < 1.29 is 31.1 Å². The fourth-order valence-electron chi connectivity index (χ4n) is 4.05. The van der Waals surface area contributed by atoms with Crippen molar-refractivity contribution in [3.63, 3.8) is 0 Å². The summed E-state index contributed by atoms with van der Waals surface area (Å²) in [5.41, 5.74) is -0.572. The monoisotopic (exact) mass is 488 g/mol. The molecule has 2 aromatic carbocycles. The molecule has 0 radical (unpaired) electrons. The number of rotatable bonds is 7. The Labute approximate surface area is 190 Å². The van der Waals surface area contributed by atoms with Crippen molar-refractivity contribution in [2.75, 3.05) is 7.11 Å². The Hall–Kier alpha value is -2.06. The van der Waals surface area contributed by atoms with Gasteiger partial charge in [-0.25, -0.2) is 8.42 Å². The number of ketones is 1. The van der Waals surface area contributed by atoms with Gasteiger partial charge < -0.3 is 4.74 Å². The number of Topliss-reactive ketones (excluding diaryl/α,β-unsaturated/α-hetero) is 1. The van der Waals surface area contributed by atoms with Gasteiger partial charge in [-0.3, -0.25) is 4.79 Å². The lowest BCUT2D eigenvalue weighted by Gasteiger charge is -2.44. The van der Waals surface area contributed by atoms with E-state index in [-0.39, 0.29) is 28.9 Å². The van der Waals surface area contributed by atoms with Crippen molar-refractivity contribution in [2.45, 2.75) is 48.9 Å². The standard InChI is InChI=1S/C23H24ClF3O4S/c1-22(2,32(29,30)20-6-4-5-16(12-20)23(25,26)27)17-7-14(8-17)9-21(28)15-10-18(24)13-19(11-15)31-3/h4-6,10-14,17H,7-9H2,1-3H3. The van der Waals surface area contributed by atoms with Crippen LogP contribution in [0.2, 0.25) is 5.02 Å². The van der Waals surface area contributed by atoms with Crippen LogP contribution in [0.15, 0.2) is 47.4 Å². The maximum absolute atomic E-state index is 13.2. The van der Waals surface area contributed by atoms with E-state index in [2.05, 4.69) is 0 Å². The predicted octanol–water partition coefficient (Wildman–Crippen LogP) is 6.22. The number of alkyl halides is 3. The molecule has 0 amide bonds. The van der Waals surface area contributed by atoms with Crippen molar-refractivity contribution >= 4 is 27.2 Å². The van der Waals surface area contributed by atoms with Crippen molar-refractivity contribution in [3.05, 3.63) is 58.6 Å². The van der Waals surface area contributed by atoms with Crippen LogP contribution in [0.1, 0.15) is 49.0 Å². The van der Waals surface area contributed by atoms with Crippen LogP contribution in [0.5, 0.6) is 5.75 Å². The fraction of sp³-hybridized carbons (Fsp3) is 0.435. The topological polar surface area (TPSA) is 60.4 Å². The highest BCUT2D eigenvalue weighted by Crippen LogP contribution is 2.48. The maximum atomic E-state index is 13.2. The van der Waals surface area contributed by atoms with Gasteiger partial charge in [-0.05, 0) is 74.9 Å². The number of sulfone groups is 1. The lowest BCUT2D eigenvalue weighted by molar-refractivity contribution is -0.137. The van der Waals surface area contributed by atoms with Crippen molar-refractivity contribution in [1.29, 1.82) is 0 Å². The van der Waals surface area contributed by atoms with E-state index in [4.69, 9.17) is 16.3 Å². The highest BCUT2D eigenvalue weighted by atomic mass is 35.5. The number of methoxy groups -OCH3 is 1. The molecule has 0 bridgehead atoms. The predicted molar refractivity (Wildman–Crippen MR) is 116 cm³/mol. The Morgan fingerprint density at radius 1 is 1.12 bits per heavy atom. The first-order chi connectivity index (χ1) is 14.8. The zero-order chi connectivity index (χ0) is 23.9. The van der Waals surface area contributed by atoms with Gasteiger partial charge in [0.15, 0.2) is 15.6 Å². The van der Waals surface area contributed by atoms with Crippen LogP contribution >= 0.6 is 11.6 Å². The minimum absolute atomic E-state index is 0.00605. The summed E-state index contributed by atoms with van der Waals surface area (Å²) in [6.45, 7) is 3.07. The SMILES string of the molecule is COc1cc(Cl)cc(C(=O)CC2CC(C(C)(C)S(=O)(=O)c3cccc(C(F)(F)F)c3)C2)c1. The lowest BCUT2D eigenvalue weighted by Crippen LogP contribution is -2.46. The first-order valence-corrected chi connectivity index (χ1v) is 11.9. The highest BCUT2D eigenvalue weighted by Gasteiger charge is 2.49. The van der Waals surface area contributed by atoms with Crippen LogP contribution in [0.25, 0.3) is 0 Å². The number of hydrogen-bond acceptors (Lipinski definition) is 4. The summed E-state index contributed by atoms with van der Waals surface area (Å²) in [5.74, 6) is 0.0793. The van der Waals surface area contributed by atoms with Crippen LogP contribution in [-0.2, 0) is 16.0 Å². The summed E-state index contributed by atoms with van der Waals surface area (Å²) < 4.78 is 69.3. The van der Waals surface area contributed by atoms with Gasteiger partial charge >= 0.3 is 6.18 Å². The van der Waals surface area contributed by atoms with Crippen molar-refractivity contribution in [2.24, 2.45) is 11.8 Å². The Bertz CT molecular complexity index is 1120. The molecule has 4 nitrogen and oxygen atoms in total. The van der Waals surface area contributed by atoms with Gasteiger partial charge in [0.1, 0.15) is 5.75 Å². The molecule has 1 fully saturated rings. The van der Waals surface area contributed by atoms with Gasteiger partial charge in [0.2, 0.25) is 0 Å². The molecule has 0 saturated heterocycles. The summed E-state index contributed by atoms with van der Waals surface area (Å²) in [5, 5.41) is 0.382. The van der Waals surface area contributed by atoms with E-state index in [1.165, 1.54) is 27.0 Å². The van der Waals surface area contributed by atoms with Gasteiger partial charge in [-0.1, -0.05) is 17.7 Å². The molecule has 32 heavy (non-hydrogen) atoms. The number of halogens is 4. The van der Waals surface area contributed by atoms with Crippen LogP contribution in [0.3, 0.4) is 0 Å². The molecule has 2 aromatic rings. The number of carbonyl (C=O) groups is 1. The van der Waals surface area contributed by atoms with Gasteiger partial charge in [0.25, 0.3) is 0 Å². The first-order valence-electron chi connectivity index (χ1n) is 10.1. The molecule has 1 saturated carbocycles. The minimum Gasteiger partial charge on any atom is -0.497 e. The molecule has 0 heterocycles. The molecule has 1 aliphatic rings. The first kappa shape index (κ1) is 24.6. The second-order valence-corrected chi connectivity index (χ2v) is 11.6. The molecule has 174 valence electrons. The Morgan fingerprint density at radius 3 is 2.38 bits per heavy atom. The van der Waals surface area contributed by atoms with Gasteiger partial charge in [0.05, 0.1) is 22.3 Å². The van der Waals surface area contributed by atoms with Crippen LogP contribution in [-0.4, -0.2) is 26.1 Å². The smallest absolute Gasteiger partial charge is 0.416 e. The fourth-order valence-corrected chi connectivity index (χ4v) is 6.06. The van der Waals surface area contributed by atoms with Crippen LogP contribution in [0, 0.1) is 11.8 Å². The van der Waals surface area contributed by atoms with E-state index in [0.717, 1.165) is 12.1 Å². The van der Waals surface area contributed by atoms with Crippen molar-refractivity contribution in [1.82, 2.24) is 0 Å². The van der Waals surface area contributed by atoms with Crippen molar-refractivity contribution in [3.8, 4) is 5.75 Å². The molecular weight excluding hydrogens is 465 g/mol. The molecule has 0 atom stereocenters. The molecular formula is C23H24ClF3O4S. The highest BCUT2D eigenvalue weighted by molar-refractivity contribution is 7.92. The van der Waals surface area contributed by atoms with Gasteiger partial charge in [-0.15, -0.1) is 0 Å². The van der Waals surface area contributed by atoms with E-state index >= 15 is 0 Å². The van der Waals surface area contributed by atoms with Crippen LogP contribution < -0.4 is 4.74 Å². The molecule has 0 spiro atoms. The average Bonchev–Trinajstić information content (AvgIpc) is 2.68. The number of ether oxygens (including phenoxy) is 1. The van der Waals surface area contributed by atoms with Gasteiger partial charge in [-0.2, -0.15) is 13.2 Å². The average molecular weight is 489 g/mol. The molecule has 1 aliphatic carbocycles. The molecule has 0 aliphatic heterocycles. The second-order valence-electron chi connectivity index (χ2n) is 8.67. The third kappa shape index (κ3) is 4.81. The molecule has 3 rings (SSSR count). The number of carbonyl (C=O) groups excluding carboxylic acids is 1. The zero-order valence-corrected chi connectivity index (χ0v) is 19.4. The number of benzene rings is 2. The second kappa shape index (κ2) is 8.71. The van der Waals surface area contributed by atoms with Crippen LogP contribution in [0.4, 0.5) is 13.2 Å². The lowest BCUT2D eigenvalue weighted by atomic mass is 9.67. The molecule has 9 heteroatoms. The molecule has 0 aromatic heterocycles.